The topological polar surface area (TPSA) is 61.8 Å². The minimum Gasteiger partial charge on any atom is -0.394 e. The summed E-state index contributed by atoms with van der Waals surface area (Å²) in [6, 6.07) is 8.00. The lowest BCUT2D eigenvalue weighted by atomic mass is 9.98. The van der Waals surface area contributed by atoms with Crippen LogP contribution in [-0.4, -0.2) is 54.4 Å². The summed E-state index contributed by atoms with van der Waals surface area (Å²) in [5, 5.41) is 12.5. The monoisotopic (exact) mass is 276 g/mol. The third-order valence-corrected chi connectivity index (χ3v) is 4.12. The fourth-order valence-electron chi connectivity index (χ4n) is 2.94. The minimum absolute atomic E-state index is 0.0456. The van der Waals surface area contributed by atoms with E-state index in [2.05, 4.69) is 5.32 Å². The van der Waals surface area contributed by atoms with Gasteiger partial charge in [-0.25, -0.2) is 0 Å². The van der Waals surface area contributed by atoms with E-state index in [9.17, 15) is 9.90 Å². The second-order valence-electron chi connectivity index (χ2n) is 5.50. The van der Waals surface area contributed by atoms with E-state index in [0.29, 0.717) is 19.7 Å². The number of anilines is 1. The molecule has 20 heavy (non-hydrogen) atoms. The van der Waals surface area contributed by atoms with E-state index in [4.69, 9.17) is 4.74 Å². The van der Waals surface area contributed by atoms with E-state index in [-0.39, 0.29) is 30.6 Å². The van der Waals surface area contributed by atoms with E-state index in [0.717, 1.165) is 11.3 Å². The predicted molar refractivity (Wildman–Crippen MR) is 75.7 cm³/mol. The first-order chi connectivity index (χ1) is 9.70. The van der Waals surface area contributed by atoms with Gasteiger partial charge in [-0.05, 0) is 18.6 Å². The summed E-state index contributed by atoms with van der Waals surface area (Å²) < 4.78 is 5.49. The molecule has 108 valence electrons. The van der Waals surface area contributed by atoms with Gasteiger partial charge in [-0.15, -0.1) is 0 Å². The van der Waals surface area contributed by atoms with Gasteiger partial charge >= 0.3 is 0 Å². The molecule has 1 saturated heterocycles. The number of hydrogen-bond acceptors (Lipinski definition) is 4. The van der Waals surface area contributed by atoms with Gasteiger partial charge in [0.25, 0.3) is 0 Å². The largest absolute Gasteiger partial charge is 0.394 e. The standard InChI is InChI=1S/C15H20N2O3/c1-10-9-20-11(8-18)7-17(10)15(19)13-6-16-14-5-3-2-4-12(13)14/h2-5,10-11,13,16,18H,6-9H2,1H3. The second-order valence-corrected chi connectivity index (χ2v) is 5.50. The number of aliphatic hydroxyl groups excluding tert-OH is 1. The molecule has 2 heterocycles. The fourth-order valence-corrected chi connectivity index (χ4v) is 2.94. The zero-order chi connectivity index (χ0) is 14.1. The number of nitrogens with zero attached hydrogens (tertiary/aromatic N) is 1. The Labute approximate surface area is 118 Å². The molecule has 2 N–H and O–H groups in total. The first-order valence-corrected chi connectivity index (χ1v) is 7.06. The van der Waals surface area contributed by atoms with Gasteiger partial charge in [0.05, 0.1) is 31.3 Å². The molecule has 2 aliphatic rings. The summed E-state index contributed by atoms with van der Waals surface area (Å²) in [6.07, 6.45) is -0.264. The number of carbonyl (C=O) groups is 1. The van der Waals surface area contributed by atoms with Gasteiger partial charge in [0, 0.05) is 18.8 Å². The highest BCUT2D eigenvalue weighted by Crippen LogP contribution is 2.33. The summed E-state index contributed by atoms with van der Waals surface area (Å²) in [5.74, 6) is -0.0113. The lowest BCUT2D eigenvalue weighted by Crippen LogP contribution is -2.53. The Morgan fingerprint density at radius 3 is 3.10 bits per heavy atom. The van der Waals surface area contributed by atoms with Crippen molar-refractivity contribution < 1.29 is 14.6 Å². The van der Waals surface area contributed by atoms with E-state index < -0.39 is 0 Å². The van der Waals surface area contributed by atoms with Crippen LogP contribution in [0.25, 0.3) is 0 Å². The molecule has 0 aromatic heterocycles. The molecule has 0 aliphatic carbocycles. The first kappa shape index (κ1) is 13.4. The van der Waals surface area contributed by atoms with Crippen LogP contribution < -0.4 is 5.32 Å². The van der Waals surface area contributed by atoms with E-state index in [1.54, 1.807) is 0 Å². The molecular formula is C15H20N2O3. The Hall–Kier alpha value is -1.59. The van der Waals surface area contributed by atoms with Crippen LogP contribution in [0.3, 0.4) is 0 Å². The van der Waals surface area contributed by atoms with Gasteiger partial charge in [0.2, 0.25) is 5.91 Å². The van der Waals surface area contributed by atoms with Gasteiger partial charge in [0.1, 0.15) is 0 Å². The molecule has 0 radical (unpaired) electrons. The number of morpholine rings is 1. The molecule has 0 bridgehead atoms. The number of rotatable bonds is 2. The van der Waals surface area contributed by atoms with Crippen molar-refractivity contribution in [1.29, 1.82) is 0 Å². The van der Waals surface area contributed by atoms with Crippen LogP contribution in [0, 0.1) is 0 Å². The van der Waals surface area contributed by atoms with Crippen molar-refractivity contribution in [2.24, 2.45) is 0 Å². The maximum absolute atomic E-state index is 12.8. The zero-order valence-electron chi connectivity index (χ0n) is 11.6. The molecule has 3 rings (SSSR count). The summed E-state index contributed by atoms with van der Waals surface area (Å²) in [5.41, 5.74) is 2.11. The Morgan fingerprint density at radius 2 is 2.30 bits per heavy atom. The molecule has 1 amide bonds. The van der Waals surface area contributed by atoms with Gasteiger partial charge in [-0.2, -0.15) is 0 Å². The number of fused-ring (bicyclic) bond motifs is 1. The van der Waals surface area contributed by atoms with E-state index >= 15 is 0 Å². The average Bonchev–Trinajstić information content (AvgIpc) is 2.91. The number of benzene rings is 1. The minimum atomic E-state index is -0.264. The van der Waals surface area contributed by atoms with Crippen molar-refractivity contribution in [1.82, 2.24) is 4.90 Å². The molecule has 0 spiro atoms. The maximum Gasteiger partial charge on any atom is 0.232 e. The Morgan fingerprint density at radius 1 is 1.50 bits per heavy atom. The number of nitrogens with one attached hydrogen (secondary N) is 1. The molecule has 1 aromatic rings. The molecule has 5 nitrogen and oxygen atoms in total. The van der Waals surface area contributed by atoms with Crippen molar-refractivity contribution in [2.45, 2.75) is 25.0 Å². The lowest BCUT2D eigenvalue weighted by Gasteiger charge is -2.38. The molecule has 1 fully saturated rings. The summed E-state index contributed by atoms with van der Waals surface area (Å²) >= 11 is 0. The number of amides is 1. The van der Waals surface area contributed by atoms with E-state index in [1.807, 2.05) is 36.1 Å². The van der Waals surface area contributed by atoms with E-state index in [1.165, 1.54) is 0 Å². The Kier molecular flexibility index (Phi) is 3.63. The summed E-state index contributed by atoms with van der Waals surface area (Å²) in [6.45, 7) is 3.54. The molecule has 3 unspecified atom stereocenters. The number of hydrogen-bond donors (Lipinski definition) is 2. The summed E-state index contributed by atoms with van der Waals surface area (Å²) in [4.78, 5) is 14.6. The number of ether oxygens (including phenoxy) is 1. The van der Waals surface area contributed by atoms with Gasteiger partial charge < -0.3 is 20.1 Å². The van der Waals surface area contributed by atoms with Crippen LogP contribution in [0.4, 0.5) is 5.69 Å². The number of carbonyl (C=O) groups excluding carboxylic acids is 1. The predicted octanol–water partition coefficient (Wildman–Crippen LogP) is 0.804. The van der Waals surface area contributed by atoms with Crippen molar-refractivity contribution in [3.8, 4) is 0 Å². The zero-order valence-corrected chi connectivity index (χ0v) is 11.6. The maximum atomic E-state index is 12.8. The molecule has 3 atom stereocenters. The van der Waals surface area contributed by atoms with Crippen LogP contribution in [0.1, 0.15) is 18.4 Å². The van der Waals surface area contributed by atoms with Crippen molar-refractivity contribution in [2.75, 3.05) is 31.6 Å². The fraction of sp³-hybridized carbons (Fsp3) is 0.533. The molecule has 5 heteroatoms. The van der Waals surface area contributed by atoms with Gasteiger partial charge in [0.15, 0.2) is 0 Å². The third-order valence-electron chi connectivity index (χ3n) is 4.12. The van der Waals surface area contributed by atoms with Crippen LogP contribution in [0.5, 0.6) is 0 Å². The van der Waals surface area contributed by atoms with Crippen molar-refractivity contribution in [3.05, 3.63) is 29.8 Å². The number of aliphatic hydroxyl groups is 1. The Bertz CT molecular complexity index is 506. The molecular weight excluding hydrogens is 256 g/mol. The van der Waals surface area contributed by atoms with Gasteiger partial charge in [-0.1, -0.05) is 18.2 Å². The molecule has 0 saturated carbocycles. The van der Waals surface area contributed by atoms with Crippen LogP contribution in [0.2, 0.25) is 0 Å². The lowest BCUT2D eigenvalue weighted by molar-refractivity contribution is -0.147. The van der Waals surface area contributed by atoms with Crippen LogP contribution in [0.15, 0.2) is 24.3 Å². The third kappa shape index (κ3) is 2.27. The number of para-hydroxylation sites is 1. The SMILES string of the molecule is CC1COC(CO)CN1C(=O)C1CNc2ccccc21. The summed E-state index contributed by atoms with van der Waals surface area (Å²) in [7, 11) is 0. The molecule has 1 aromatic carbocycles. The van der Waals surface area contributed by atoms with Crippen LogP contribution in [-0.2, 0) is 9.53 Å². The Balaban J connectivity index is 1.79. The van der Waals surface area contributed by atoms with Crippen LogP contribution >= 0.6 is 0 Å². The highest BCUT2D eigenvalue weighted by atomic mass is 16.5. The van der Waals surface area contributed by atoms with Gasteiger partial charge in [-0.3, -0.25) is 4.79 Å². The van der Waals surface area contributed by atoms with Crippen molar-refractivity contribution in [3.63, 3.8) is 0 Å². The first-order valence-electron chi connectivity index (χ1n) is 7.06. The molecule has 2 aliphatic heterocycles. The average molecular weight is 276 g/mol. The second kappa shape index (κ2) is 5.42. The smallest absolute Gasteiger partial charge is 0.232 e. The quantitative estimate of drug-likeness (QED) is 0.839. The highest BCUT2D eigenvalue weighted by molar-refractivity contribution is 5.88. The normalized spacial score (nSPS) is 28.9. The van der Waals surface area contributed by atoms with Crippen molar-refractivity contribution >= 4 is 11.6 Å². The highest BCUT2D eigenvalue weighted by Gasteiger charge is 2.36.